The Bertz CT molecular complexity index is 172. The lowest BCUT2D eigenvalue weighted by Gasteiger charge is -1.98. The van der Waals surface area contributed by atoms with Gasteiger partial charge >= 0.3 is 0 Å². The van der Waals surface area contributed by atoms with Gasteiger partial charge in [0.2, 0.25) is 0 Å². The van der Waals surface area contributed by atoms with Crippen molar-refractivity contribution in [3.8, 4) is 5.75 Å². The summed E-state index contributed by atoms with van der Waals surface area (Å²) in [6.45, 7) is 0. The van der Waals surface area contributed by atoms with Crippen LogP contribution in [0.15, 0.2) is 24.3 Å². The van der Waals surface area contributed by atoms with Crippen LogP contribution < -0.4 is 9.92 Å². The van der Waals surface area contributed by atoms with E-state index in [4.69, 9.17) is 9.53 Å². The van der Waals surface area contributed by atoms with Crippen LogP contribution in [-0.2, 0) is 0 Å². The van der Waals surface area contributed by atoms with Crippen LogP contribution in [0.2, 0.25) is 0 Å². The second-order valence-corrected chi connectivity index (χ2v) is 3.14. The fourth-order valence-corrected chi connectivity index (χ4v) is 1.18. The average molecular weight is 154 g/mol. The lowest BCUT2D eigenvalue weighted by molar-refractivity contribution is 0.415. The summed E-state index contributed by atoms with van der Waals surface area (Å²) < 4.78 is 4.95. The lowest BCUT2D eigenvalue weighted by atomic mass is 10.3. The first-order valence-corrected chi connectivity index (χ1v) is 4.44. The third kappa shape index (κ3) is 1.59. The van der Waals surface area contributed by atoms with E-state index in [2.05, 4.69) is 0 Å². The molecule has 0 radical (unpaired) electrons. The molecule has 1 rings (SSSR count). The summed E-state index contributed by atoms with van der Waals surface area (Å²) in [5, 5.41) is 1.04. The van der Waals surface area contributed by atoms with Crippen LogP contribution in [0.4, 0.5) is 0 Å². The molecule has 0 aromatic heterocycles. The molecule has 0 aliphatic heterocycles. The Balaban J connectivity index is 2.80. The maximum Gasteiger partial charge on any atom is 0.187 e. The van der Waals surface area contributed by atoms with Crippen molar-refractivity contribution in [2.45, 2.75) is 0 Å². The molecule has 2 nitrogen and oxygen atoms in total. The highest BCUT2D eigenvalue weighted by atomic mass is 28.2. The summed E-state index contributed by atoms with van der Waals surface area (Å²) in [5.41, 5.74) is 0. The molecule has 3 heteroatoms. The maximum absolute atomic E-state index is 8.80. The quantitative estimate of drug-likeness (QED) is 0.576. The van der Waals surface area contributed by atoms with Gasteiger partial charge in [0.25, 0.3) is 0 Å². The average Bonchev–Trinajstić information content (AvgIpc) is 2.05. The number of hydrogen-bond acceptors (Lipinski definition) is 2. The van der Waals surface area contributed by atoms with Crippen molar-refractivity contribution in [3.63, 3.8) is 0 Å². The number of rotatable bonds is 2. The molecule has 0 fully saturated rings. The van der Waals surface area contributed by atoms with E-state index in [1.165, 1.54) is 0 Å². The van der Waals surface area contributed by atoms with E-state index in [-0.39, 0.29) is 0 Å². The molecule has 0 saturated carbocycles. The number of methoxy groups -OCH3 is 1. The summed E-state index contributed by atoms with van der Waals surface area (Å²) in [4.78, 5) is 8.80. The first-order chi connectivity index (χ1) is 4.86. The molecule has 0 heterocycles. The molecule has 1 aromatic carbocycles. The summed E-state index contributed by atoms with van der Waals surface area (Å²) in [5.74, 6) is 0.839. The number of ether oxygens (including phenoxy) is 1. The van der Waals surface area contributed by atoms with Crippen LogP contribution in [0, 0.1) is 0 Å². The van der Waals surface area contributed by atoms with Crippen LogP contribution in [0.3, 0.4) is 0 Å². The zero-order valence-corrected chi connectivity index (χ0v) is 7.29. The highest BCUT2D eigenvalue weighted by Gasteiger charge is 1.90. The van der Waals surface area contributed by atoms with Gasteiger partial charge in [0.1, 0.15) is 5.75 Å². The number of hydrogen-bond donors (Lipinski definition) is 1. The minimum absolute atomic E-state index is 0.839. The molecule has 0 aliphatic carbocycles. The van der Waals surface area contributed by atoms with Crippen molar-refractivity contribution >= 4 is 14.9 Å². The summed E-state index contributed by atoms with van der Waals surface area (Å²) >= 11 is 0. The molecule has 0 aliphatic rings. The zero-order chi connectivity index (χ0) is 7.40. The molecule has 1 aromatic rings. The Labute approximate surface area is 62.4 Å². The van der Waals surface area contributed by atoms with Crippen molar-refractivity contribution in [1.29, 1.82) is 0 Å². The second kappa shape index (κ2) is 3.39. The van der Waals surface area contributed by atoms with E-state index in [9.17, 15) is 0 Å². The molecule has 54 valence electrons. The van der Waals surface area contributed by atoms with Crippen LogP contribution in [0.5, 0.6) is 5.75 Å². The zero-order valence-electron chi connectivity index (χ0n) is 5.87. The normalized spacial score (nSPS) is 10.6. The van der Waals surface area contributed by atoms with Gasteiger partial charge in [-0.2, -0.15) is 0 Å². The van der Waals surface area contributed by atoms with E-state index in [1.54, 1.807) is 7.11 Å². The fraction of sp³-hybridized carbons (Fsp3) is 0.143. The van der Waals surface area contributed by atoms with Gasteiger partial charge in [0.15, 0.2) is 9.76 Å². The van der Waals surface area contributed by atoms with Gasteiger partial charge in [-0.15, -0.1) is 0 Å². The van der Waals surface area contributed by atoms with Crippen molar-refractivity contribution in [2.24, 2.45) is 0 Å². The van der Waals surface area contributed by atoms with Gasteiger partial charge in [-0.1, -0.05) is 12.1 Å². The van der Waals surface area contributed by atoms with Gasteiger partial charge in [0.05, 0.1) is 7.11 Å². The van der Waals surface area contributed by atoms with E-state index < -0.39 is 9.76 Å². The molecule has 1 N–H and O–H groups in total. The Morgan fingerprint density at radius 2 is 1.90 bits per heavy atom. The van der Waals surface area contributed by atoms with E-state index in [0.29, 0.717) is 0 Å². The Morgan fingerprint density at radius 3 is 2.30 bits per heavy atom. The third-order valence-electron chi connectivity index (χ3n) is 1.34. The van der Waals surface area contributed by atoms with Gasteiger partial charge in [0, 0.05) is 0 Å². The molecular formula is C7H10O2Si. The van der Waals surface area contributed by atoms with Crippen molar-refractivity contribution in [3.05, 3.63) is 24.3 Å². The molecule has 10 heavy (non-hydrogen) atoms. The SMILES string of the molecule is COc1ccc([SiH2]O)cc1. The molecule has 0 amide bonds. The molecule has 0 spiro atoms. The predicted molar refractivity (Wildman–Crippen MR) is 43.4 cm³/mol. The van der Waals surface area contributed by atoms with Gasteiger partial charge in [-0.3, -0.25) is 0 Å². The van der Waals surface area contributed by atoms with Crippen LogP contribution in [-0.4, -0.2) is 21.7 Å². The topological polar surface area (TPSA) is 29.5 Å². The van der Waals surface area contributed by atoms with Crippen LogP contribution >= 0.6 is 0 Å². The van der Waals surface area contributed by atoms with Gasteiger partial charge in [-0.05, 0) is 17.3 Å². The second-order valence-electron chi connectivity index (χ2n) is 2.01. The number of benzene rings is 1. The first kappa shape index (κ1) is 7.31. The van der Waals surface area contributed by atoms with Crippen molar-refractivity contribution in [1.82, 2.24) is 0 Å². The van der Waals surface area contributed by atoms with Crippen molar-refractivity contribution in [2.75, 3.05) is 7.11 Å². The van der Waals surface area contributed by atoms with Crippen LogP contribution in [0.1, 0.15) is 0 Å². The summed E-state index contributed by atoms with van der Waals surface area (Å²) in [6.07, 6.45) is 0. The smallest absolute Gasteiger partial charge is 0.187 e. The molecular weight excluding hydrogens is 144 g/mol. The maximum atomic E-state index is 8.80. The monoisotopic (exact) mass is 154 g/mol. The molecule has 0 bridgehead atoms. The van der Waals surface area contributed by atoms with E-state index in [1.807, 2.05) is 24.3 Å². The summed E-state index contributed by atoms with van der Waals surface area (Å²) in [7, 11) is 0.642. The van der Waals surface area contributed by atoms with Gasteiger partial charge < -0.3 is 9.53 Å². The van der Waals surface area contributed by atoms with Crippen LogP contribution in [0.25, 0.3) is 0 Å². The minimum atomic E-state index is -0.988. The first-order valence-electron chi connectivity index (χ1n) is 3.10. The summed E-state index contributed by atoms with van der Waals surface area (Å²) in [6, 6.07) is 7.51. The highest BCUT2D eigenvalue weighted by Crippen LogP contribution is 2.04. The van der Waals surface area contributed by atoms with Crippen molar-refractivity contribution < 1.29 is 9.53 Å². The molecule has 0 atom stereocenters. The Kier molecular flexibility index (Phi) is 2.47. The predicted octanol–water partition coefficient (Wildman–Crippen LogP) is -0.603. The van der Waals surface area contributed by atoms with E-state index in [0.717, 1.165) is 10.9 Å². The van der Waals surface area contributed by atoms with Gasteiger partial charge in [-0.25, -0.2) is 0 Å². The Morgan fingerprint density at radius 1 is 1.30 bits per heavy atom. The molecule has 0 saturated heterocycles. The molecule has 0 unspecified atom stereocenters. The lowest BCUT2D eigenvalue weighted by Crippen LogP contribution is -2.11. The fourth-order valence-electron chi connectivity index (χ4n) is 0.731. The highest BCUT2D eigenvalue weighted by molar-refractivity contribution is 6.45. The third-order valence-corrected chi connectivity index (χ3v) is 2.18. The minimum Gasteiger partial charge on any atom is -0.497 e. The standard InChI is InChI=1S/C7H10O2Si/c1-9-6-2-4-7(10-8)5-3-6/h2-5,8H,10H2,1H3. The largest absolute Gasteiger partial charge is 0.497 e. The van der Waals surface area contributed by atoms with E-state index >= 15 is 0 Å². The Hall–Kier alpha value is -0.803.